The Morgan fingerprint density at radius 2 is 1.89 bits per heavy atom. The summed E-state index contributed by atoms with van der Waals surface area (Å²) in [7, 11) is -2.13. The Bertz CT molecular complexity index is 1130. The number of imidazole rings is 1. The van der Waals surface area contributed by atoms with E-state index in [0.717, 1.165) is 23.9 Å². The molecule has 11 heteroatoms. The second kappa shape index (κ2) is 7.25. The van der Waals surface area contributed by atoms with Gasteiger partial charge >= 0.3 is 0 Å². The maximum absolute atomic E-state index is 13.2. The van der Waals surface area contributed by atoms with Crippen LogP contribution in [0.4, 0.5) is 14.5 Å². The molecular formula is C16H14F2N4O3S2. The number of hydrogen-bond acceptors (Lipinski definition) is 5. The van der Waals surface area contributed by atoms with Crippen LogP contribution in [0.1, 0.15) is 0 Å². The average Bonchev–Trinajstić information content (AvgIpc) is 2.87. The van der Waals surface area contributed by atoms with Gasteiger partial charge in [-0.3, -0.25) is 4.79 Å². The fourth-order valence-electron chi connectivity index (χ4n) is 2.42. The highest BCUT2D eigenvalue weighted by Gasteiger charge is 2.14. The minimum Gasteiger partial charge on any atom is -0.325 e. The Balaban J connectivity index is 1.74. The molecule has 0 saturated carbocycles. The van der Waals surface area contributed by atoms with Crippen LogP contribution in [-0.4, -0.2) is 29.6 Å². The van der Waals surface area contributed by atoms with Crippen molar-refractivity contribution in [1.29, 1.82) is 0 Å². The Hall–Kier alpha value is -2.50. The molecule has 0 radical (unpaired) electrons. The molecule has 1 heterocycles. The largest absolute Gasteiger partial charge is 0.325 e. The molecule has 1 aromatic heterocycles. The molecular weight excluding hydrogens is 398 g/mol. The number of carbonyl (C=O) groups excluding carboxylic acids is 1. The van der Waals surface area contributed by atoms with Gasteiger partial charge in [-0.05, 0) is 30.3 Å². The number of carbonyl (C=O) groups is 1. The first-order valence-corrected chi connectivity index (χ1v) is 10.0. The van der Waals surface area contributed by atoms with Crippen LogP contribution in [0, 0.1) is 11.6 Å². The van der Waals surface area contributed by atoms with Gasteiger partial charge in [0.05, 0.1) is 21.7 Å². The fourth-order valence-corrected chi connectivity index (χ4v) is 3.74. The molecule has 142 valence electrons. The summed E-state index contributed by atoms with van der Waals surface area (Å²) in [4.78, 5) is 16.3. The van der Waals surface area contributed by atoms with Gasteiger partial charge in [-0.1, -0.05) is 11.8 Å². The van der Waals surface area contributed by atoms with Crippen LogP contribution < -0.4 is 10.5 Å². The van der Waals surface area contributed by atoms with Crippen LogP contribution in [0.25, 0.3) is 11.0 Å². The highest BCUT2D eigenvalue weighted by atomic mass is 32.2. The molecule has 0 aliphatic heterocycles. The first-order valence-electron chi connectivity index (χ1n) is 7.51. The van der Waals surface area contributed by atoms with Crippen LogP contribution in [0.5, 0.6) is 0 Å². The molecule has 3 aromatic rings. The van der Waals surface area contributed by atoms with Crippen LogP contribution in [0.2, 0.25) is 0 Å². The second-order valence-electron chi connectivity index (χ2n) is 5.64. The SMILES string of the molecule is Cn1c(SCC(=O)Nc2cc(F)cc(F)c2)nc2cc(S(N)(=O)=O)ccc21. The number of thioether (sulfide) groups is 1. The molecule has 2 aromatic carbocycles. The van der Waals surface area contributed by atoms with Gasteiger partial charge in [-0.15, -0.1) is 0 Å². The van der Waals surface area contributed by atoms with Crippen molar-refractivity contribution >= 4 is 44.4 Å². The van der Waals surface area contributed by atoms with Crippen molar-refractivity contribution in [2.45, 2.75) is 10.1 Å². The number of primary sulfonamides is 1. The highest BCUT2D eigenvalue weighted by Crippen LogP contribution is 2.25. The van der Waals surface area contributed by atoms with Gasteiger partial charge in [0.15, 0.2) is 5.16 Å². The van der Waals surface area contributed by atoms with Gasteiger partial charge < -0.3 is 9.88 Å². The van der Waals surface area contributed by atoms with Crippen LogP contribution in [0.3, 0.4) is 0 Å². The third-order valence-electron chi connectivity index (χ3n) is 3.62. The Morgan fingerprint density at radius 3 is 2.52 bits per heavy atom. The van der Waals surface area contributed by atoms with Gasteiger partial charge in [-0.2, -0.15) is 0 Å². The zero-order valence-corrected chi connectivity index (χ0v) is 15.6. The molecule has 0 atom stereocenters. The summed E-state index contributed by atoms with van der Waals surface area (Å²) in [6.45, 7) is 0. The van der Waals surface area contributed by atoms with Crippen LogP contribution in [0.15, 0.2) is 46.5 Å². The lowest BCUT2D eigenvalue weighted by Gasteiger charge is -2.06. The van der Waals surface area contributed by atoms with E-state index in [1.54, 1.807) is 17.7 Å². The lowest BCUT2D eigenvalue weighted by atomic mass is 10.3. The second-order valence-corrected chi connectivity index (χ2v) is 8.15. The summed E-state index contributed by atoms with van der Waals surface area (Å²) >= 11 is 1.09. The molecule has 0 fully saturated rings. The summed E-state index contributed by atoms with van der Waals surface area (Å²) in [6.07, 6.45) is 0. The van der Waals surface area contributed by atoms with Crippen molar-refractivity contribution in [2.75, 3.05) is 11.1 Å². The van der Waals surface area contributed by atoms with Gasteiger partial charge in [0.25, 0.3) is 0 Å². The molecule has 3 rings (SSSR count). The minimum atomic E-state index is -3.85. The zero-order chi connectivity index (χ0) is 19.8. The quantitative estimate of drug-likeness (QED) is 0.625. The van der Waals surface area contributed by atoms with Crippen molar-refractivity contribution in [2.24, 2.45) is 12.2 Å². The number of hydrogen-bond donors (Lipinski definition) is 2. The molecule has 0 aliphatic carbocycles. The van der Waals surface area contributed by atoms with E-state index in [4.69, 9.17) is 5.14 Å². The first-order chi connectivity index (χ1) is 12.6. The van der Waals surface area contributed by atoms with Crippen molar-refractivity contribution in [3.8, 4) is 0 Å². The number of halogens is 2. The van der Waals surface area contributed by atoms with E-state index in [2.05, 4.69) is 10.3 Å². The van der Waals surface area contributed by atoms with Crippen molar-refractivity contribution in [1.82, 2.24) is 9.55 Å². The molecule has 0 aliphatic rings. The normalized spacial score (nSPS) is 11.7. The average molecular weight is 412 g/mol. The van der Waals surface area contributed by atoms with Crippen molar-refractivity contribution in [3.05, 3.63) is 48.0 Å². The zero-order valence-electron chi connectivity index (χ0n) is 13.9. The van der Waals surface area contributed by atoms with Crippen molar-refractivity contribution < 1.29 is 22.0 Å². The Kier molecular flexibility index (Phi) is 5.18. The molecule has 27 heavy (non-hydrogen) atoms. The van der Waals surface area contributed by atoms with Gasteiger partial charge in [0, 0.05) is 18.8 Å². The summed E-state index contributed by atoms with van der Waals surface area (Å²) in [5, 5.41) is 7.98. The van der Waals surface area contributed by atoms with Crippen LogP contribution >= 0.6 is 11.8 Å². The van der Waals surface area contributed by atoms with Gasteiger partial charge in [-0.25, -0.2) is 27.3 Å². The monoisotopic (exact) mass is 412 g/mol. The predicted octanol–water partition coefficient (Wildman–Crippen LogP) is 2.23. The topological polar surface area (TPSA) is 107 Å². The van der Waals surface area contributed by atoms with E-state index in [1.165, 1.54) is 12.1 Å². The number of rotatable bonds is 5. The van der Waals surface area contributed by atoms with Crippen molar-refractivity contribution in [3.63, 3.8) is 0 Å². The molecule has 1 amide bonds. The van der Waals surface area contributed by atoms with E-state index in [1.807, 2.05) is 0 Å². The van der Waals surface area contributed by atoms with E-state index in [-0.39, 0.29) is 16.3 Å². The summed E-state index contributed by atoms with van der Waals surface area (Å²) in [5.41, 5.74) is 1.09. The maximum atomic E-state index is 13.2. The smallest absolute Gasteiger partial charge is 0.238 e. The summed E-state index contributed by atoms with van der Waals surface area (Å²) in [6, 6.07) is 7.02. The number of aryl methyl sites for hydroxylation is 1. The van der Waals surface area contributed by atoms with Gasteiger partial charge in [0.1, 0.15) is 11.6 Å². The lowest BCUT2D eigenvalue weighted by molar-refractivity contribution is -0.113. The number of nitrogens with zero attached hydrogens (tertiary/aromatic N) is 2. The van der Waals surface area contributed by atoms with E-state index >= 15 is 0 Å². The third-order valence-corrected chi connectivity index (χ3v) is 5.56. The number of anilines is 1. The number of amides is 1. The molecule has 0 bridgehead atoms. The fraction of sp³-hybridized carbons (Fsp3) is 0.125. The lowest BCUT2D eigenvalue weighted by Crippen LogP contribution is -2.14. The highest BCUT2D eigenvalue weighted by molar-refractivity contribution is 7.99. The molecule has 0 spiro atoms. The van der Waals surface area contributed by atoms with E-state index in [9.17, 15) is 22.0 Å². The minimum absolute atomic E-state index is 0.0147. The predicted molar refractivity (Wildman–Crippen MR) is 97.8 cm³/mol. The van der Waals surface area contributed by atoms with E-state index in [0.29, 0.717) is 22.3 Å². The number of sulfonamides is 1. The van der Waals surface area contributed by atoms with Crippen LogP contribution in [-0.2, 0) is 21.9 Å². The number of aromatic nitrogens is 2. The Labute approximate surface area is 157 Å². The van der Waals surface area contributed by atoms with E-state index < -0.39 is 27.6 Å². The Morgan fingerprint density at radius 1 is 1.22 bits per heavy atom. The molecule has 0 unspecified atom stereocenters. The number of nitrogens with one attached hydrogen (secondary N) is 1. The molecule has 0 saturated heterocycles. The maximum Gasteiger partial charge on any atom is 0.238 e. The standard InChI is InChI=1S/C16H14F2N4O3S2/c1-22-14-3-2-12(27(19,24)25)7-13(14)21-16(22)26-8-15(23)20-11-5-9(17)4-10(18)6-11/h2-7H,8H2,1H3,(H,20,23)(H2,19,24,25). The molecule has 7 nitrogen and oxygen atoms in total. The summed E-state index contributed by atoms with van der Waals surface area (Å²) < 4.78 is 50.9. The number of benzene rings is 2. The first kappa shape index (κ1) is 19.3. The number of nitrogens with two attached hydrogens (primary N) is 1. The third kappa shape index (κ3) is 4.43. The molecule has 3 N–H and O–H groups in total. The number of fused-ring (bicyclic) bond motifs is 1. The van der Waals surface area contributed by atoms with Gasteiger partial charge in [0.2, 0.25) is 15.9 Å². The summed E-state index contributed by atoms with van der Waals surface area (Å²) in [5.74, 6) is -2.11.